The number of carboxylic acid groups (broad SMARTS) is 1. The Balaban J connectivity index is 2.63. The summed E-state index contributed by atoms with van der Waals surface area (Å²) in [4.78, 5) is 22.8. The molecule has 0 aliphatic carbocycles. The molecule has 0 saturated heterocycles. The van der Waals surface area contributed by atoms with Crippen LogP contribution in [0.4, 0.5) is 0 Å². The van der Waals surface area contributed by atoms with Gasteiger partial charge in [-0.1, -0.05) is 42.0 Å². The van der Waals surface area contributed by atoms with E-state index in [0.717, 1.165) is 0 Å². The van der Waals surface area contributed by atoms with Gasteiger partial charge in [0.05, 0.1) is 6.42 Å². The molecule has 0 aliphatic heterocycles. The maximum absolute atomic E-state index is 11.8. The van der Waals surface area contributed by atoms with E-state index in [4.69, 9.17) is 16.7 Å². The minimum Gasteiger partial charge on any atom is -0.480 e. The van der Waals surface area contributed by atoms with E-state index in [1.807, 2.05) is 0 Å². The molecule has 0 radical (unpaired) electrons. The van der Waals surface area contributed by atoms with Gasteiger partial charge >= 0.3 is 5.97 Å². The number of hydrogen-bond acceptors (Lipinski definition) is 2. The van der Waals surface area contributed by atoms with Crippen LogP contribution in [0.1, 0.15) is 18.9 Å². The van der Waals surface area contributed by atoms with Crippen LogP contribution in [0.3, 0.4) is 0 Å². The number of aliphatic carboxylic acids is 1. The number of carboxylic acids is 1. The molecule has 0 saturated carbocycles. The van der Waals surface area contributed by atoms with E-state index in [0.29, 0.717) is 10.6 Å². The molecule has 0 fully saturated rings. The predicted octanol–water partition coefficient (Wildman–Crippen LogP) is 2.42. The summed E-state index contributed by atoms with van der Waals surface area (Å²) in [6, 6.07) is 6.08. The third kappa shape index (κ3) is 5.14. The number of halogens is 1. The van der Waals surface area contributed by atoms with Crippen molar-refractivity contribution in [2.45, 2.75) is 25.8 Å². The summed E-state index contributed by atoms with van der Waals surface area (Å²) in [6.07, 6.45) is 3.78. The number of carbonyl (C=O) groups is 2. The van der Waals surface area contributed by atoms with Gasteiger partial charge in [-0.05, 0) is 25.0 Å². The SMILES string of the molecule is C/C=C/CC(NC(=O)Cc1ccccc1Cl)C(=O)O. The molecular formula is C14H16ClNO3. The Hall–Kier alpha value is -1.81. The summed E-state index contributed by atoms with van der Waals surface area (Å²) in [5.74, 6) is -1.41. The van der Waals surface area contributed by atoms with Gasteiger partial charge in [-0.3, -0.25) is 4.79 Å². The fourth-order valence-corrected chi connectivity index (χ4v) is 1.76. The third-order valence-corrected chi connectivity index (χ3v) is 2.92. The predicted molar refractivity (Wildman–Crippen MR) is 74.2 cm³/mol. The average Bonchev–Trinajstić information content (AvgIpc) is 2.37. The van der Waals surface area contributed by atoms with Crippen molar-refractivity contribution in [3.05, 3.63) is 47.0 Å². The molecule has 102 valence electrons. The van der Waals surface area contributed by atoms with Crippen molar-refractivity contribution in [1.29, 1.82) is 0 Å². The molecule has 1 rings (SSSR count). The first-order valence-electron chi connectivity index (χ1n) is 5.91. The van der Waals surface area contributed by atoms with E-state index in [1.54, 1.807) is 43.3 Å². The van der Waals surface area contributed by atoms with E-state index in [-0.39, 0.29) is 18.7 Å². The Labute approximate surface area is 117 Å². The van der Waals surface area contributed by atoms with Crippen LogP contribution in [0.2, 0.25) is 5.02 Å². The highest BCUT2D eigenvalue weighted by atomic mass is 35.5. The molecule has 1 aromatic rings. The smallest absolute Gasteiger partial charge is 0.326 e. The van der Waals surface area contributed by atoms with E-state index in [2.05, 4.69) is 5.32 Å². The fraction of sp³-hybridized carbons (Fsp3) is 0.286. The van der Waals surface area contributed by atoms with E-state index >= 15 is 0 Å². The second-order valence-electron chi connectivity index (χ2n) is 4.03. The zero-order valence-corrected chi connectivity index (χ0v) is 11.4. The largest absolute Gasteiger partial charge is 0.480 e. The average molecular weight is 282 g/mol. The van der Waals surface area contributed by atoms with Crippen molar-refractivity contribution in [3.63, 3.8) is 0 Å². The number of amides is 1. The van der Waals surface area contributed by atoms with Crippen molar-refractivity contribution < 1.29 is 14.7 Å². The molecule has 5 heteroatoms. The van der Waals surface area contributed by atoms with Crippen LogP contribution in [-0.4, -0.2) is 23.0 Å². The van der Waals surface area contributed by atoms with Gasteiger partial charge in [0, 0.05) is 5.02 Å². The molecule has 4 nitrogen and oxygen atoms in total. The molecule has 0 heterocycles. The lowest BCUT2D eigenvalue weighted by molar-refractivity contribution is -0.141. The number of benzene rings is 1. The summed E-state index contributed by atoms with van der Waals surface area (Å²) in [5, 5.41) is 12.0. The second-order valence-corrected chi connectivity index (χ2v) is 4.44. The summed E-state index contributed by atoms with van der Waals surface area (Å²) in [6.45, 7) is 1.80. The molecule has 0 spiro atoms. The van der Waals surface area contributed by atoms with Crippen molar-refractivity contribution in [2.75, 3.05) is 0 Å². The van der Waals surface area contributed by atoms with E-state index in [9.17, 15) is 9.59 Å². The highest BCUT2D eigenvalue weighted by molar-refractivity contribution is 6.31. The Kier molecular flexibility index (Phi) is 6.09. The van der Waals surface area contributed by atoms with Gasteiger partial charge in [-0.25, -0.2) is 4.79 Å². The zero-order valence-electron chi connectivity index (χ0n) is 10.6. The van der Waals surface area contributed by atoms with Crippen LogP contribution in [-0.2, 0) is 16.0 Å². The normalized spacial score (nSPS) is 12.3. The molecule has 19 heavy (non-hydrogen) atoms. The minimum absolute atomic E-state index is 0.0687. The van der Waals surface area contributed by atoms with Gasteiger partial charge in [0.1, 0.15) is 6.04 Å². The molecular weight excluding hydrogens is 266 g/mol. The first kappa shape index (κ1) is 15.2. The van der Waals surface area contributed by atoms with Crippen LogP contribution < -0.4 is 5.32 Å². The standard InChI is InChI=1S/C14H16ClNO3/c1-2-3-8-12(14(18)19)16-13(17)9-10-6-4-5-7-11(10)15/h2-7,12H,8-9H2,1H3,(H,16,17)(H,18,19)/b3-2+. The number of allylic oxidation sites excluding steroid dienone is 1. The lowest BCUT2D eigenvalue weighted by Crippen LogP contribution is -2.41. The van der Waals surface area contributed by atoms with Gasteiger partial charge in [0.25, 0.3) is 0 Å². The van der Waals surface area contributed by atoms with Gasteiger partial charge in [-0.2, -0.15) is 0 Å². The highest BCUT2D eigenvalue weighted by Gasteiger charge is 2.18. The van der Waals surface area contributed by atoms with E-state index in [1.165, 1.54) is 0 Å². The van der Waals surface area contributed by atoms with E-state index < -0.39 is 12.0 Å². The zero-order chi connectivity index (χ0) is 14.3. The second kappa shape index (κ2) is 7.59. The van der Waals surface area contributed by atoms with Crippen LogP contribution in [0.5, 0.6) is 0 Å². The first-order chi connectivity index (χ1) is 9.04. The highest BCUT2D eigenvalue weighted by Crippen LogP contribution is 2.15. The molecule has 1 aromatic carbocycles. The lowest BCUT2D eigenvalue weighted by Gasteiger charge is -2.13. The lowest BCUT2D eigenvalue weighted by atomic mass is 10.1. The molecule has 1 atom stereocenters. The van der Waals surface area contributed by atoms with Crippen molar-refractivity contribution in [1.82, 2.24) is 5.32 Å². The topological polar surface area (TPSA) is 66.4 Å². The van der Waals surface area contributed by atoms with Gasteiger partial charge < -0.3 is 10.4 Å². The third-order valence-electron chi connectivity index (χ3n) is 2.55. The van der Waals surface area contributed by atoms with Crippen molar-refractivity contribution in [2.24, 2.45) is 0 Å². The minimum atomic E-state index is -1.05. The van der Waals surface area contributed by atoms with Crippen LogP contribution in [0.15, 0.2) is 36.4 Å². The van der Waals surface area contributed by atoms with Gasteiger partial charge in [0.2, 0.25) is 5.91 Å². The Morgan fingerprint density at radius 2 is 2.11 bits per heavy atom. The maximum atomic E-state index is 11.8. The first-order valence-corrected chi connectivity index (χ1v) is 6.29. The quantitative estimate of drug-likeness (QED) is 0.787. The Morgan fingerprint density at radius 3 is 2.68 bits per heavy atom. The maximum Gasteiger partial charge on any atom is 0.326 e. The number of rotatable bonds is 6. The summed E-state index contributed by atoms with van der Waals surface area (Å²) < 4.78 is 0. The van der Waals surface area contributed by atoms with Crippen molar-refractivity contribution in [3.8, 4) is 0 Å². The van der Waals surface area contributed by atoms with Crippen LogP contribution >= 0.6 is 11.6 Å². The number of carbonyl (C=O) groups excluding carboxylic acids is 1. The van der Waals surface area contributed by atoms with Crippen LogP contribution in [0.25, 0.3) is 0 Å². The summed E-state index contributed by atoms with van der Waals surface area (Å²) >= 11 is 5.94. The van der Waals surface area contributed by atoms with Crippen LogP contribution in [0, 0.1) is 0 Å². The number of nitrogens with one attached hydrogen (secondary N) is 1. The molecule has 0 bridgehead atoms. The van der Waals surface area contributed by atoms with Crippen molar-refractivity contribution >= 4 is 23.5 Å². The Bertz CT molecular complexity index is 485. The molecule has 2 N–H and O–H groups in total. The molecule has 1 unspecified atom stereocenters. The number of hydrogen-bond donors (Lipinski definition) is 2. The molecule has 0 aliphatic rings. The monoisotopic (exact) mass is 281 g/mol. The fourth-order valence-electron chi connectivity index (χ4n) is 1.55. The van der Waals surface area contributed by atoms with Gasteiger partial charge in [-0.15, -0.1) is 0 Å². The van der Waals surface area contributed by atoms with Gasteiger partial charge in [0.15, 0.2) is 0 Å². The Morgan fingerprint density at radius 1 is 1.42 bits per heavy atom. The molecule has 1 amide bonds. The summed E-state index contributed by atoms with van der Waals surface area (Å²) in [7, 11) is 0. The summed E-state index contributed by atoms with van der Waals surface area (Å²) in [5.41, 5.74) is 0.678. The molecule has 0 aromatic heterocycles.